The highest BCUT2D eigenvalue weighted by molar-refractivity contribution is 5.80. The molecule has 0 unspecified atom stereocenters. The molecule has 0 fully saturated rings. The van der Waals surface area contributed by atoms with Crippen LogP contribution in [0.3, 0.4) is 0 Å². The van der Waals surface area contributed by atoms with E-state index in [0.717, 1.165) is 17.7 Å². The maximum atomic E-state index is 4.21. The van der Waals surface area contributed by atoms with Crippen LogP contribution in [0, 0.1) is 0 Å². The maximum absolute atomic E-state index is 4.21. The Morgan fingerprint density at radius 1 is 1.18 bits per heavy atom. The summed E-state index contributed by atoms with van der Waals surface area (Å²) in [5.74, 6) is 0. The lowest BCUT2D eigenvalue weighted by Gasteiger charge is -1.95. The predicted octanol–water partition coefficient (Wildman–Crippen LogP) is 1.90. The van der Waals surface area contributed by atoms with E-state index in [1.807, 2.05) is 18.3 Å². The van der Waals surface area contributed by atoms with Crippen molar-refractivity contribution >= 4 is 11.9 Å². The molecule has 2 heterocycles. The summed E-state index contributed by atoms with van der Waals surface area (Å²) in [5, 5.41) is 0. The monoisotopic (exact) mass is 144 g/mol. The molecule has 11 heavy (non-hydrogen) atoms. The van der Waals surface area contributed by atoms with Crippen LogP contribution in [0.2, 0.25) is 0 Å². The molecule has 0 amide bonds. The van der Waals surface area contributed by atoms with Gasteiger partial charge in [0.25, 0.3) is 0 Å². The van der Waals surface area contributed by atoms with Crippen molar-refractivity contribution in [2.45, 2.75) is 6.42 Å². The molecule has 0 bridgehead atoms. The molecule has 0 spiro atoms. The van der Waals surface area contributed by atoms with E-state index in [1.165, 1.54) is 0 Å². The first-order valence-electron chi connectivity index (χ1n) is 3.60. The van der Waals surface area contributed by atoms with Gasteiger partial charge in [-0.15, -0.1) is 0 Å². The number of nitrogens with zero attached hydrogens (tertiary/aromatic N) is 2. The van der Waals surface area contributed by atoms with Gasteiger partial charge in [0.2, 0.25) is 0 Å². The lowest BCUT2D eigenvalue weighted by Crippen LogP contribution is -1.77. The second-order valence-electron chi connectivity index (χ2n) is 2.37. The Morgan fingerprint density at radius 2 is 2.00 bits per heavy atom. The molecule has 2 heteroatoms. The van der Waals surface area contributed by atoms with Crippen molar-refractivity contribution in [3.8, 4) is 0 Å². The van der Waals surface area contributed by atoms with Crippen LogP contribution in [0.5, 0.6) is 0 Å². The zero-order valence-corrected chi connectivity index (χ0v) is 6.07. The average Bonchev–Trinajstić information content (AvgIpc) is 2.58. The number of hydrogen-bond donors (Lipinski definition) is 0. The van der Waals surface area contributed by atoms with Crippen molar-refractivity contribution < 1.29 is 0 Å². The Morgan fingerprint density at radius 3 is 2.64 bits per heavy atom. The third kappa shape index (κ3) is 1.19. The fraction of sp³-hybridized carbons (Fsp3) is 0.111. The molecule has 1 aliphatic heterocycles. The number of aromatic nitrogens is 1. The summed E-state index contributed by atoms with van der Waals surface area (Å²) in [4.78, 5) is 8.15. The number of rotatable bonds is 1. The second-order valence-corrected chi connectivity index (χ2v) is 2.37. The molecule has 54 valence electrons. The molecule has 2 nitrogen and oxygen atoms in total. The molecular weight excluding hydrogens is 136 g/mol. The Kier molecular flexibility index (Phi) is 1.52. The van der Waals surface area contributed by atoms with Gasteiger partial charge in [0, 0.05) is 30.6 Å². The van der Waals surface area contributed by atoms with Crippen LogP contribution >= 0.6 is 0 Å². The van der Waals surface area contributed by atoms with E-state index >= 15 is 0 Å². The normalized spacial score (nSPS) is 15.1. The minimum absolute atomic E-state index is 0.956. The first-order chi connectivity index (χ1) is 5.47. The van der Waals surface area contributed by atoms with Gasteiger partial charge in [-0.2, -0.15) is 0 Å². The van der Waals surface area contributed by atoms with Gasteiger partial charge in [0.15, 0.2) is 0 Å². The molecule has 0 atom stereocenters. The van der Waals surface area contributed by atoms with E-state index < -0.39 is 0 Å². The molecule has 0 saturated carbocycles. The molecule has 0 aromatic carbocycles. The Balaban J connectivity index is 2.37. The molecule has 1 aromatic heterocycles. The van der Waals surface area contributed by atoms with Crippen LogP contribution in [0.15, 0.2) is 35.6 Å². The van der Waals surface area contributed by atoms with Gasteiger partial charge in [0.1, 0.15) is 0 Å². The molecule has 2 rings (SSSR count). The van der Waals surface area contributed by atoms with Gasteiger partial charge in [-0.25, -0.2) is 0 Å². The summed E-state index contributed by atoms with van der Waals surface area (Å²) in [6.07, 6.45) is 8.54. The number of pyridine rings is 1. The van der Waals surface area contributed by atoms with E-state index in [1.54, 1.807) is 12.4 Å². The third-order valence-corrected chi connectivity index (χ3v) is 1.62. The highest BCUT2D eigenvalue weighted by Crippen LogP contribution is 2.17. The topological polar surface area (TPSA) is 25.2 Å². The predicted molar refractivity (Wildman–Crippen MR) is 45.3 cm³/mol. The third-order valence-electron chi connectivity index (χ3n) is 1.62. The van der Waals surface area contributed by atoms with Crippen molar-refractivity contribution in [1.29, 1.82) is 0 Å². The summed E-state index contributed by atoms with van der Waals surface area (Å²) in [6, 6.07) is 3.93. The van der Waals surface area contributed by atoms with Crippen LogP contribution < -0.4 is 0 Å². The van der Waals surface area contributed by atoms with E-state index in [2.05, 4.69) is 16.1 Å². The van der Waals surface area contributed by atoms with Crippen LogP contribution in [0.4, 0.5) is 0 Å². The van der Waals surface area contributed by atoms with Crippen molar-refractivity contribution in [1.82, 2.24) is 4.98 Å². The SMILES string of the molecule is C1=NC(c2ccncc2)=CC1. The molecule has 0 aliphatic carbocycles. The lowest BCUT2D eigenvalue weighted by atomic mass is 10.2. The molecule has 0 saturated heterocycles. The van der Waals surface area contributed by atoms with Crippen molar-refractivity contribution in [2.75, 3.05) is 0 Å². The van der Waals surface area contributed by atoms with E-state index in [4.69, 9.17) is 0 Å². The van der Waals surface area contributed by atoms with Gasteiger partial charge >= 0.3 is 0 Å². The highest BCUT2D eigenvalue weighted by Gasteiger charge is 2.00. The summed E-state index contributed by atoms with van der Waals surface area (Å²) in [6.45, 7) is 0. The smallest absolute Gasteiger partial charge is 0.0663 e. The minimum atomic E-state index is 0.956. The van der Waals surface area contributed by atoms with Crippen LogP contribution in [-0.2, 0) is 0 Å². The molecule has 0 N–H and O–H groups in total. The molecule has 1 aromatic rings. The van der Waals surface area contributed by atoms with E-state index in [0.29, 0.717) is 0 Å². The molecular formula is C9H8N2. The molecule has 1 aliphatic rings. The zero-order valence-electron chi connectivity index (χ0n) is 6.07. The maximum Gasteiger partial charge on any atom is 0.0663 e. The fourth-order valence-electron chi connectivity index (χ4n) is 1.08. The summed E-state index contributed by atoms with van der Waals surface area (Å²) < 4.78 is 0. The number of allylic oxidation sites excluding steroid dienone is 1. The largest absolute Gasteiger partial charge is 0.265 e. The zero-order chi connectivity index (χ0) is 7.52. The quantitative estimate of drug-likeness (QED) is 0.591. The van der Waals surface area contributed by atoms with E-state index in [9.17, 15) is 0 Å². The van der Waals surface area contributed by atoms with Crippen LogP contribution in [-0.4, -0.2) is 11.2 Å². The summed E-state index contributed by atoms with van der Waals surface area (Å²) in [5.41, 5.74) is 2.21. The first kappa shape index (κ1) is 6.28. The standard InChI is InChI=1S/C9H8N2/c1-2-9(11-5-1)8-3-6-10-7-4-8/h2-7H,1H2. The number of hydrogen-bond acceptors (Lipinski definition) is 2. The van der Waals surface area contributed by atoms with Gasteiger partial charge in [-0.05, 0) is 12.1 Å². The molecule has 0 radical (unpaired) electrons. The fourth-order valence-corrected chi connectivity index (χ4v) is 1.08. The van der Waals surface area contributed by atoms with Gasteiger partial charge in [0.05, 0.1) is 5.70 Å². The summed E-state index contributed by atoms with van der Waals surface area (Å²) >= 11 is 0. The minimum Gasteiger partial charge on any atom is -0.265 e. The second kappa shape index (κ2) is 2.66. The van der Waals surface area contributed by atoms with Crippen molar-refractivity contribution in [3.63, 3.8) is 0 Å². The Bertz CT molecular complexity index is 299. The van der Waals surface area contributed by atoms with E-state index in [-0.39, 0.29) is 0 Å². The van der Waals surface area contributed by atoms with Crippen LogP contribution in [0.1, 0.15) is 12.0 Å². The van der Waals surface area contributed by atoms with Crippen LogP contribution in [0.25, 0.3) is 5.70 Å². The van der Waals surface area contributed by atoms with Crippen molar-refractivity contribution in [3.05, 3.63) is 36.2 Å². The van der Waals surface area contributed by atoms with Crippen molar-refractivity contribution in [2.24, 2.45) is 4.99 Å². The van der Waals surface area contributed by atoms with Gasteiger partial charge in [-0.1, -0.05) is 6.08 Å². The highest BCUT2D eigenvalue weighted by atomic mass is 14.8. The average molecular weight is 144 g/mol. The van der Waals surface area contributed by atoms with Gasteiger partial charge < -0.3 is 0 Å². The first-order valence-corrected chi connectivity index (χ1v) is 3.60. The Hall–Kier alpha value is -1.44. The van der Waals surface area contributed by atoms with Gasteiger partial charge in [-0.3, -0.25) is 9.98 Å². The number of aliphatic imine (C=N–C) groups is 1. The Labute approximate surface area is 65.3 Å². The lowest BCUT2D eigenvalue weighted by molar-refractivity contribution is 1.31. The summed E-state index contributed by atoms with van der Waals surface area (Å²) in [7, 11) is 0.